The Morgan fingerprint density at radius 3 is 2.63 bits per heavy atom. The zero-order valence-corrected chi connectivity index (χ0v) is 17.5. The van der Waals surface area contributed by atoms with E-state index in [1.165, 1.54) is 25.7 Å². The molecule has 6 nitrogen and oxygen atoms in total. The molecule has 0 heterocycles. The van der Waals surface area contributed by atoms with Gasteiger partial charge in [0.1, 0.15) is 11.5 Å². The van der Waals surface area contributed by atoms with Gasteiger partial charge in [0, 0.05) is 24.7 Å². The highest BCUT2D eigenvalue weighted by Crippen LogP contribution is 2.29. The lowest BCUT2D eigenvalue weighted by Gasteiger charge is -2.24. The van der Waals surface area contributed by atoms with Gasteiger partial charge in [-0.25, -0.2) is 0 Å². The third-order valence-corrected chi connectivity index (χ3v) is 5.27. The summed E-state index contributed by atoms with van der Waals surface area (Å²) in [4.78, 5) is 7.22. The summed E-state index contributed by atoms with van der Waals surface area (Å²) in [5.74, 6) is 2.49. The minimum Gasteiger partial charge on any atom is -0.497 e. The molecule has 0 spiro atoms. The highest BCUT2D eigenvalue weighted by Gasteiger charge is 2.19. The zero-order valence-electron chi connectivity index (χ0n) is 17.5. The van der Waals surface area contributed by atoms with Crippen molar-refractivity contribution in [3.05, 3.63) is 23.8 Å². The standard InChI is InChI=1S/C21H36N4O2/c1-6-22-21(23-13-14-25(3)17-9-7-8-10-17)24-16(2)19-15-18(26-4)11-12-20(19)27-5/h11-12,15-17H,6-10,13-14H2,1-5H3,(H2,22,23,24). The number of nitrogens with zero attached hydrogens (tertiary/aromatic N) is 2. The molecule has 0 bridgehead atoms. The first-order chi connectivity index (χ1) is 13.1. The molecule has 0 amide bonds. The monoisotopic (exact) mass is 376 g/mol. The van der Waals surface area contributed by atoms with Crippen LogP contribution in [0.25, 0.3) is 0 Å². The van der Waals surface area contributed by atoms with Gasteiger partial charge in [0.2, 0.25) is 0 Å². The molecule has 1 unspecified atom stereocenters. The average Bonchev–Trinajstić information content (AvgIpc) is 3.22. The number of guanidine groups is 1. The topological polar surface area (TPSA) is 58.1 Å². The predicted octanol–water partition coefficient (Wildman–Crippen LogP) is 3.19. The van der Waals surface area contributed by atoms with Crippen molar-refractivity contribution in [3.8, 4) is 11.5 Å². The van der Waals surface area contributed by atoms with Crippen LogP contribution < -0.4 is 20.1 Å². The Kier molecular flexibility index (Phi) is 8.72. The lowest BCUT2D eigenvalue weighted by atomic mass is 10.1. The van der Waals surface area contributed by atoms with Gasteiger partial charge in [0.25, 0.3) is 0 Å². The van der Waals surface area contributed by atoms with Crippen LogP contribution in [-0.2, 0) is 0 Å². The highest BCUT2D eigenvalue weighted by atomic mass is 16.5. The number of rotatable bonds is 9. The molecule has 6 heteroatoms. The van der Waals surface area contributed by atoms with Crippen molar-refractivity contribution in [3.63, 3.8) is 0 Å². The SMILES string of the molecule is CCNC(=NCCN(C)C1CCCC1)NC(C)c1cc(OC)ccc1OC. The van der Waals surface area contributed by atoms with Crippen molar-refractivity contribution in [2.24, 2.45) is 4.99 Å². The normalized spacial score (nSPS) is 16.4. The number of benzene rings is 1. The lowest BCUT2D eigenvalue weighted by Crippen LogP contribution is -2.39. The van der Waals surface area contributed by atoms with E-state index in [1.54, 1.807) is 14.2 Å². The van der Waals surface area contributed by atoms with Crippen molar-refractivity contribution < 1.29 is 9.47 Å². The molecule has 27 heavy (non-hydrogen) atoms. The quantitative estimate of drug-likeness (QED) is 0.512. The van der Waals surface area contributed by atoms with Crippen LogP contribution in [0.2, 0.25) is 0 Å². The zero-order chi connectivity index (χ0) is 19.6. The van der Waals surface area contributed by atoms with E-state index in [4.69, 9.17) is 14.5 Å². The van der Waals surface area contributed by atoms with Gasteiger partial charge in [-0.1, -0.05) is 12.8 Å². The van der Waals surface area contributed by atoms with E-state index < -0.39 is 0 Å². The molecule has 1 aromatic rings. The maximum Gasteiger partial charge on any atom is 0.191 e. The first kappa shape index (κ1) is 21.4. The van der Waals surface area contributed by atoms with E-state index in [9.17, 15) is 0 Å². The van der Waals surface area contributed by atoms with Crippen LogP contribution in [-0.4, -0.2) is 57.8 Å². The van der Waals surface area contributed by atoms with Crippen molar-refractivity contribution in [1.82, 2.24) is 15.5 Å². The average molecular weight is 377 g/mol. The number of likely N-dealkylation sites (N-methyl/N-ethyl adjacent to an activating group) is 1. The lowest BCUT2D eigenvalue weighted by molar-refractivity contribution is 0.252. The molecule has 1 saturated carbocycles. The van der Waals surface area contributed by atoms with Crippen LogP contribution in [0.1, 0.15) is 51.1 Å². The molecule has 1 fully saturated rings. The van der Waals surface area contributed by atoms with Gasteiger partial charge in [0.15, 0.2) is 5.96 Å². The summed E-state index contributed by atoms with van der Waals surface area (Å²) in [6.45, 7) is 6.78. The van der Waals surface area contributed by atoms with E-state index >= 15 is 0 Å². The minimum atomic E-state index is 0.0420. The fourth-order valence-electron chi connectivity index (χ4n) is 3.63. The summed E-state index contributed by atoms with van der Waals surface area (Å²) in [6.07, 6.45) is 5.38. The largest absolute Gasteiger partial charge is 0.497 e. The first-order valence-electron chi connectivity index (χ1n) is 10.1. The Labute approximate surface area is 164 Å². The summed E-state index contributed by atoms with van der Waals surface area (Å²) in [5.41, 5.74) is 1.05. The maximum atomic E-state index is 5.51. The van der Waals surface area contributed by atoms with Crippen molar-refractivity contribution >= 4 is 5.96 Å². The molecular formula is C21H36N4O2. The third kappa shape index (κ3) is 6.31. The molecule has 2 N–H and O–H groups in total. The maximum absolute atomic E-state index is 5.51. The number of ether oxygens (including phenoxy) is 2. The summed E-state index contributed by atoms with van der Waals surface area (Å²) in [5, 5.41) is 6.83. The fraction of sp³-hybridized carbons (Fsp3) is 0.667. The summed E-state index contributed by atoms with van der Waals surface area (Å²) in [6, 6.07) is 6.63. The molecule has 1 aliphatic carbocycles. The Morgan fingerprint density at radius 1 is 1.26 bits per heavy atom. The van der Waals surface area contributed by atoms with Crippen molar-refractivity contribution in [2.45, 2.75) is 51.6 Å². The highest BCUT2D eigenvalue weighted by molar-refractivity contribution is 5.80. The van der Waals surface area contributed by atoms with E-state index in [0.29, 0.717) is 0 Å². The van der Waals surface area contributed by atoms with E-state index in [0.717, 1.165) is 48.7 Å². The molecule has 0 saturated heterocycles. The number of aliphatic imine (C=N–C) groups is 1. The molecule has 2 rings (SSSR count). The van der Waals surface area contributed by atoms with Crippen LogP contribution in [0.5, 0.6) is 11.5 Å². The van der Waals surface area contributed by atoms with Gasteiger partial charge in [-0.15, -0.1) is 0 Å². The van der Waals surface area contributed by atoms with Gasteiger partial charge in [0.05, 0.1) is 26.8 Å². The third-order valence-electron chi connectivity index (χ3n) is 5.27. The smallest absolute Gasteiger partial charge is 0.191 e. The number of methoxy groups -OCH3 is 2. The molecule has 1 aromatic carbocycles. The molecule has 0 aromatic heterocycles. The molecule has 1 atom stereocenters. The van der Waals surface area contributed by atoms with E-state index in [1.807, 2.05) is 18.2 Å². The second kappa shape index (κ2) is 11.0. The summed E-state index contributed by atoms with van der Waals surface area (Å²) >= 11 is 0. The van der Waals surface area contributed by atoms with E-state index in [2.05, 4.69) is 36.4 Å². The Hall–Kier alpha value is -1.95. The van der Waals surface area contributed by atoms with Crippen LogP contribution in [0.4, 0.5) is 0 Å². The van der Waals surface area contributed by atoms with Crippen LogP contribution in [0.15, 0.2) is 23.2 Å². The molecule has 0 aliphatic heterocycles. The second-order valence-corrected chi connectivity index (χ2v) is 7.15. The second-order valence-electron chi connectivity index (χ2n) is 7.15. The van der Waals surface area contributed by atoms with E-state index in [-0.39, 0.29) is 6.04 Å². The predicted molar refractivity (Wildman–Crippen MR) is 112 cm³/mol. The van der Waals surface area contributed by atoms with Gasteiger partial charge in [-0.3, -0.25) is 4.99 Å². The first-order valence-corrected chi connectivity index (χ1v) is 10.1. The Morgan fingerprint density at radius 2 is 2.00 bits per heavy atom. The molecule has 0 radical (unpaired) electrons. The number of hydrogen-bond donors (Lipinski definition) is 2. The van der Waals surface area contributed by atoms with Crippen LogP contribution >= 0.6 is 0 Å². The molecule has 152 valence electrons. The van der Waals surface area contributed by atoms with Crippen molar-refractivity contribution in [2.75, 3.05) is 40.9 Å². The van der Waals surface area contributed by atoms with Crippen LogP contribution in [0.3, 0.4) is 0 Å². The minimum absolute atomic E-state index is 0.0420. The summed E-state index contributed by atoms with van der Waals surface area (Å²) < 4.78 is 10.9. The number of nitrogens with one attached hydrogen (secondary N) is 2. The molecular weight excluding hydrogens is 340 g/mol. The van der Waals surface area contributed by atoms with Crippen LogP contribution in [0, 0.1) is 0 Å². The molecule has 1 aliphatic rings. The summed E-state index contributed by atoms with van der Waals surface area (Å²) in [7, 11) is 5.59. The van der Waals surface area contributed by atoms with Gasteiger partial charge in [-0.05, 0) is 51.9 Å². The van der Waals surface area contributed by atoms with Gasteiger partial charge >= 0.3 is 0 Å². The number of hydrogen-bond acceptors (Lipinski definition) is 4. The Bertz CT molecular complexity index is 600. The van der Waals surface area contributed by atoms with Gasteiger partial charge < -0.3 is 25.0 Å². The Balaban J connectivity index is 1.99. The van der Waals surface area contributed by atoms with Gasteiger partial charge in [-0.2, -0.15) is 0 Å². The van der Waals surface area contributed by atoms with Crippen molar-refractivity contribution in [1.29, 1.82) is 0 Å². The fourth-order valence-corrected chi connectivity index (χ4v) is 3.63.